The van der Waals surface area contributed by atoms with Crippen molar-refractivity contribution in [2.24, 2.45) is 0 Å². The highest BCUT2D eigenvalue weighted by molar-refractivity contribution is 6.30. The van der Waals surface area contributed by atoms with Crippen LogP contribution in [0, 0.1) is 10.1 Å². The molecule has 1 aromatic rings. The minimum absolute atomic E-state index is 0.0313. The molecule has 1 N–H and O–H groups in total. The van der Waals surface area contributed by atoms with Crippen LogP contribution in [0.15, 0.2) is 18.2 Å². The van der Waals surface area contributed by atoms with Crippen LogP contribution in [0.4, 0.5) is 5.69 Å². The fourth-order valence-corrected chi connectivity index (χ4v) is 2.93. The molecule has 0 atom stereocenters. The van der Waals surface area contributed by atoms with Crippen LogP contribution in [-0.2, 0) is 11.3 Å². The molecule has 6 heteroatoms. The molecule has 116 valence electrons. The maximum atomic E-state index is 11.0. The summed E-state index contributed by atoms with van der Waals surface area (Å²) >= 11 is 5.80. The first-order chi connectivity index (χ1) is 10.1. The number of nitrogens with zero attached hydrogens (tertiary/aromatic N) is 1. The lowest BCUT2D eigenvalue weighted by Gasteiger charge is -2.29. The highest BCUT2D eigenvalue weighted by atomic mass is 35.5. The second-order valence-electron chi connectivity index (χ2n) is 5.37. The fraction of sp³-hybridized carbons (Fsp3) is 0.600. The summed E-state index contributed by atoms with van der Waals surface area (Å²) in [5, 5.41) is 14.8. The zero-order chi connectivity index (χ0) is 15.2. The molecule has 0 spiro atoms. The molecule has 0 heterocycles. The average Bonchev–Trinajstić information content (AvgIpc) is 2.47. The van der Waals surface area contributed by atoms with Gasteiger partial charge in [0.15, 0.2) is 0 Å². The number of nitro groups is 1. The number of hydrogen-bond donors (Lipinski definition) is 1. The van der Waals surface area contributed by atoms with Gasteiger partial charge in [-0.3, -0.25) is 10.1 Å². The zero-order valence-corrected chi connectivity index (χ0v) is 12.9. The predicted octanol–water partition coefficient (Wildman–Crippen LogP) is 3.69. The third-order valence-corrected chi connectivity index (χ3v) is 4.12. The Balaban J connectivity index is 1.88. The first-order valence-electron chi connectivity index (χ1n) is 7.38. The fourth-order valence-electron chi connectivity index (χ4n) is 2.76. The number of hydrogen-bond acceptors (Lipinski definition) is 4. The third kappa shape index (κ3) is 4.66. The topological polar surface area (TPSA) is 64.4 Å². The molecule has 0 saturated heterocycles. The first-order valence-corrected chi connectivity index (χ1v) is 7.75. The van der Waals surface area contributed by atoms with Crippen LogP contribution < -0.4 is 5.32 Å². The van der Waals surface area contributed by atoms with Gasteiger partial charge in [-0.15, -0.1) is 0 Å². The highest BCUT2D eigenvalue weighted by Crippen LogP contribution is 2.26. The molecule has 1 aliphatic carbocycles. The Labute approximate surface area is 129 Å². The Hall–Kier alpha value is -1.17. The van der Waals surface area contributed by atoms with E-state index in [9.17, 15) is 10.1 Å². The Kier molecular flexibility index (Phi) is 5.96. The number of nitro benzene ring substituents is 1. The number of ether oxygens (including phenoxy) is 1. The molecule has 0 amide bonds. The van der Waals surface area contributed by atoms with Gasteiger partial charge in [0.1, 0.15) is 0 Å². The van der Waals surface area contributed by atoms with Gasteiger partial charge >= 0.3 is 0 Å². The maximum absolute atomic E-state index is 11.0. The summed E-state index contributed by atoms with van der Waals surface area (Å²) in [5.74, 6) is 0. The van der Waals surface area contributed by atoms with E-state index in [0.717, 1.165) is 32.2 Å². The van der Waals surface area contributed by atoms with E-state index in [2.05, 4.69) is 12.2 Å². The van der Waals surface area contributed by atoms with E-state index in [1.165, 1.54) is 6.07 Å². The van der Waals surface area contributed by atoms with Crippen molar-refractivity contribution >= 4 is 17.3 Å². The lowest BCUT2D eigenvalue weighted by Crippen LogP contribution is -2.35. The van der Waals surface area contributed by atoms with Crippen molar-refractivity contribution < 1.29 is 9.66 Å². The average molecular weight is 313 g/mol. The Morgan fingerprint density at radius 3 is 2.71 bits per heavy atom. The molecule has 1 aliphatic rings. The van der Waals surface area contributed by atoms with Gasteiger partial charge in [-0.1, -0.05) is 18.5 Å². The van der Waals surface area contributed by atoms with Gasteiger partial charge in [-0.05, 0) is 44.4 Å². The Morgan fingerprint density at radius 2 is 2.10 bits per heavy atom. The standard InChI is InChI=1S/C15H21ClN2O3/c1-2-17-13-5-7-14(8-6-13)21-10-11-3-4-12(16)9-15(11)18(19)20/h3-4,9,13-14,17H,2,5-8,10H2,1H3. The van der Waals surface area contributed by atoms with Crippen LogP contribution in [0.1, 0.15) is 38.2 Å². The highest BCUT2D eigenvalue weighted by Gasteiger charge is 2.22. The maximum Gasteiger partial charge on any atom is 0.276 e. The van der Waals surface area contributed by atoms with E-state index >= 15 is 0 Å². The van der Waals surface area contributed by atoms with Gasteiger partial charge in [0.2, 0.25) is 0 Å². The van der Waals surface area contributed by atoms with Crippen molar-refractivity contribution in [3.63, 3.8) is 0 Å². The summed E-state index contributed by atoms with van der Waals surface area (Å²) in [6.07, 6.45) is 4.38. The molecule has 2 rings (SSSR count). The van der Waals surface area contributed by atoms with Crippen molar-refractivity contribution in [2.45, 2.75) is 51.4 Å². The molecule has 21 heavy (non-hydrogen) atoms. The van der Waals surface area contributed by atoms with Crippen molar-refractivity contribution in [1.82, 2.24) is 5.32 Å². The van der Waals surface area contributed by atoms with Crippen LogP contribution >= 0.6 is 11.6 Å². The van der Waals surface area contributed by atoms with E-state index in [0.29, 0.717) is 16.6 Å². The lowest BCUT2D eigenvalue weighted by atomic mass is 9.93. The number of halogens is 1. The monoisotopic (exact) mass is 312 g/mol. The molecule has 0 aromatic heterocycles. The summed E-state index contributed by atoms with van der Waals surface area (Å²) in [7, 11) is 0. The summed E-state index contributed by atoms with van der Waals surface area (Å²) in [6.45, 7) is 3.37. The molecule has 0 aliphatic heterocycles. The van der Waals surface area contributed by atoms with Crippen LogP contribution in [-0.4, -0.2) is 23.6 Å². The van der Waals surface area contributed by atoms with Gasteiger partial charge in [0, 0.05) is 17.1 Å². The van der Waals surface area contributed by atoms with Crippen LogP contribution in [0.2, 0.25) is 5.02 Å². The van der Waals surface area contributed by atoms with E-state index in [1.807, 2.05) is 0 Å². The molecular formula is C15H21ClN2O3. The summed E-state index contributed by atoms with van der Waals surface area (Å²) < 4.78 is 5.85. The van der Waals surface area contributed by atoms with Crippen molar-refractivity contribution in [2.75, 3.05) is 6.54 Å². The van der Waals surface area contributed by atoms with E-state index < -0.39 is 4.92 Å². The van der Waals surface area contributed by atoms with E-state index in [4.69, 9.17) is 16.3 Å². The number of benzene rings is 1. The second kappa shape index (κ2) is 7.73. The molecule has 1 aromatic carbocycles. The molecule has 5 nitrogen and oxygen atoms in total. The number of rotatable bonds is 6. The van der Waals surface area contributed by atoms with E-state index in [-0.39, 0.29) is 18.4 Å². The number of nitrogens with one attached hydrogen (secondary N) is 1. The molecule has 0 radical (unpaired) electrons. The first kappa shape index (κ1) is 16.2. The van der Waals surface area contributed by atoms with E-state index in [1.54, 1.807) is 12.1 Å². The Morgan fingerprint density at radius 1 is 1.38 bits per heavy atom. The normalized spacial score (nSPS) is 22.2. The van der Waals surface area contributed by atoms with Gasteiger partial charge in [-0.25, -0.2) is 0 Å². The molecule has 0 unspecified atom stereocenters. The van der Waals surface area contributed by atoms with Crippen LogP contribution in [0.3, 0.4) is 0 Å². The van der Waals surface area contributed by atoms with Gasteiger partial charge in [-0.2, -0.15) is 0 Å². The molecule has 0 bridgehead atoms. The lowest BCUT2D eigenvalue weighted by molar-refractivity contribution is -0.386. The van der Waals surface area contributed by atoms with Gasteiger partial charge in [0.05, 0.1) is 23.2 Å². The summed E-state index contributed by atoms with van der Waals surface area (Å²) in [5.41, 5.74) is 0.613. The van der Waals surface area contributed by atoms with Gasteiger partial charge < -0.3 is 10.1 Å². The molecular weight excluding hydrogens is 292 g/mol. The minimum atomic E-state index is -0.410. The SMILES string of the molecule is CCNC1CCC(OCc2ccc(Cl)cc2[N+](=O)[O-])CC1. The van der Waals surface area contributed by atoms with Crippen molar-refractivity contribution in [3.05, 3.63) is 38.9 Å². The second-order valence-corrected chi connectivity index (χ2v) is 5.81. The summed E-state index contributed by atoms with van der Waals surface area (Å²) in [6, 6.07) is 5.29. The van der Waals surface area contributed by atoms with Crippen molar-refractivity contribution in [1.29, 1.82) is 0 Å². The molecule has 1 fully saturated rings. The Bertz CT molecular complexity index is 488. The largest absolute Gasteiger partial charge is 0.373 e. The minimum Gasteiger partial charge on any atom is -0.373 e. The quantitative estimate of drug-likeness (QED) is 0.643. The van der Waals surface area contributed by atoms with Crippen LogP contribution in [0.5, 0.6) is 0 Å². The molecule has 1 saturated carbocycles. The van der Waals surface area contributed by atoms with Gasteiger partial charge in [0.25, 0.3) is 5.69 Å². The zero-order valence-electron chi connectivity index (χ0n) is 12.2. The third-order valence-electron chi connectivity index (χ3n) is 3.89. The smallest absolute Gasteiger partial charge is 0.276 e. The summed E-state index contributed by atoms with van der Waals surface area (Å²) in [4.78, 5) is 10.6. The van der Waals surface area contributed by atoms with Crippen LogP contribution in [0.25, 0.3) is 0 Å². The predicted molar refractivity (Wildman–Crippen MR) is 82.6 cm³/mol. The van der Waals surface area contributed by atoms with Crippen molar-refractivity contribution in [3.8, 4) is 0 Å².